The summed E-state index contributed by atoms with van der Waals surface area (Å²) in [7, 11) is 0. The number of β-amino-alcohol motifs (C(OH)–C–C–N with tert-alkyl or cyclic N) is 1. The fourth-order valence-corrected chi connectivity index (χ4v) is 4.36. The molecule has 6 nitrogen and oxygen atoms in total. The van der Waals surface area contributed by atoms with Gasteiger partial charge in [-0.2, -0.15) is 0 Å². The van der Waals surface area contributed by atoms with Gasteiger partial charge in [0.15, 0.2) is 0 Å². The molecule has 1 aromatic carbocycles. The van der Waals surface area contributed by atoms with Gasteiger partial charge in [0.05, 0.1) is 48.0 Å². The Labute approximate surface area is 182 Å². The average Bonchev–Trinajstić information content (AvgIpc) is 2.68. The maximum Gasteiger partial charge on any atom is 0.222 e. The van der Waals surface area contributed by atoms with Crippen molar-refractivity contribution in [2.75, 3.05) is 26.3 Å². The Morgan fingerprint density at radius 1 is 1.28 bits per heavy atom. The topological polar surface area (TPSA) is 71.0 Å². The molecule has 3 rings (SSSR count). The zero-order valence-electron chi connectivity index (χ0n) is 16.8. The minimum Gasteiger partial charge on any atom is -0.389 e. The van der Waals surface area contributed by atoms with Gasteiger partial charge in [-0.05, 0) is 37.0 Å². The highest BCUT2D eigenvalue weighted by Gasteiger charge is 2.38. The lowest BCUT2D eigenvalue weighted by atomic mass is 9.94. The number of benzene rings is 1. The molecule has 162 valence electrons. The van der Waals surface area contributed by atoms with Crippen molar-refractivity contribution in [3.63, 3.8) is 0 Å². The van der Waals surface area contributed by atoms with Crippen molar-refractivity contribution < 1.29 is 19.4 Å². The number of nitrogens with one attached hydrogen (secondary N) is 1. The molecule has 2 N–H and O–H groups in total. The molecule has 8 heteroatoms. The van der Waals surface area contributed by atoms with Gasteiger partial charge in [-0.25, -0.2) is 0 Å². The molecule has 0 bridgehead atoms. The van der Waals surface area contributed by atoms with E-state index >= 15 is 0 Å². The van der Waals surface area contributed by atoms with E-state index in [0.717, 1.165) is 24.8 Å². The summed E-state index contributed by atoms with van der Waals surface area (Å²) in [6, 6.07) is 5.72. The van der Waals surface area contributed by atoms with Crippen LogP contribution in [0.3, 0.4) is 0 Å². The first-order valence-electron chi connectivity index (χ1n) is 10.3. The number of rotatable bonds is 6. The summed E-state index contributed by atoms with van der Waals surface area (Å²) < 4.78 is 11.9. The largest absolute Gasteiger partial charge is 0.389 e. The van der Waals surface area contributed by atoms with E-state index < -0.39 is 6.10 Å². The number of halogens is 2. The number of fused-ring (bicyclic) bond motifs is 1. The second-order valence-electron chi connectivity index (χ2n) is 7.86. The molecule has 0 unspecified atom stereocenters. The van der Waals surface area contributed by atoms with Crippen molar-refractivity contribution in [2.24, 2.45) is 0 Å². The monoisotopic (exact) mass is 444 g/mol. The Morgan fingerprint density at radius 2 is 2.10 bits per heavy atom. The lowest BCUT2D eigenvalue weighted by molar-refractivity contribution is -0.158. The number of aliphatic hydroxyl groups excluding tert-OH is 1. The number of carbonyl (C=O) groups excluding carboxylic acids is 1. The molecule has 2 aliphatic heterocycles. The third kappa shape index (κ3) is 6.54. The Morgan fingerprint density at radius 3 is 2.86 bits per heavy atom. The molecular weight excluding hydrogens is 415 g/mol. The Hall–Kier alpha value is -0.890. The zero-order chi connectivity index (χ0) is 20.8. The van der Waals surface area contributed by atoms with Crippen molar-refractivity contribution in [1.29, 1.82) is 0 Å². The summed E-state index contributed by atoms with van der Waals surface area (Å²) in [5.41, 5.74) is 1.04. The third-order valence-electron chi connectivity index (χ3n) is 5.44. The summed E-state index contributed by atoms with van der Waals surface area (Å²) in [4.78, 5) is 14.3. The van der Waals surface area contributed by atoms with Gasteiger partial charge in [0.25, 0.3) is 0 Å². The zero-order valence-corrected chi connectivity index (χ0v) is 18.3. The molecule has 29 heavy (non-hydrogen) atoms. The second kappa shape index (κ2) is 10.9. The number of nitrogens with zero attached hydrogens (tertiary/aromatic N) is 1. The molecule has 0 spiro atoms. The van der Waals surface area contributed by atoms with Crippen LogP contribution >= 0.6 is 23.2 Å². The average molecular weight is 445 g/mol. The van der Waals surface area contributed by atoms with E-state index in [1.165, 1.54) is 0 Å². The quantitative estimate of drug-likeness (QED) is 0.705. The highest BCUT2D eigenvalue weighted by molar-refractivity contribution is 6.42. The van der Waals surface area contributed by atoms with Crippen molar-refractivity contribution in [3.05, 3.63) is 33.8 Å². The summed E-state index contributed by atoms with van der Waals surface area (Å²) in [5.74, 6) is 0.0325. The van der Waals surface area contributed by atoms with Crippen LogP contribution in [0.1, 0.15) is 38.2 Å². The van der Waals surface area contributed by atoms with Gasteiger partial charge < -0.3 is 19.9 Å². The van der Waals surface area contributed by atoms with Crippen LogP contribution in [-0.2, 0) is 20.8 Å². The van der Waals surface area contributed by atoms with Crippen molar-refractivity contribution >= 4 is 29.1 Å². The minimum atomic E-state index is -0.559. The minimum absolute atomic E-state index is 0.0325. The molecule has 0 aromatic heterocycles. The number of amides is 1. The van der Waals surface area contributed by atoms with Crippen LogP contribution in [-0.4, -0.2) is 66.6 Å². The first-order valence-corrected chi connectivity index (χ1v) is 11.1. The maximum absolute atomic E-state index is 12.1. The van der Waals surface area contributed by atoms with Gasteiger partial charge >= 0.3 is 0 Å². The number of aliphatic hydroxyl groups is 1. The predicted molar refractivity (Wildman–Crippen MR) is 113 cm³/mol. The predicted octanol–water partition coefficient (Wildman–Crippen LogP) is 3.02. The van der Waals surface area contributed by atoms with Crippen LogP contribution in [0.4, 0.5) is 0 Å². The summed E-state index contributed by atoms with van der Waals surface area (Å²) in [6.45, 7) is 4.53. The summed E-state index contributed by atoms with van der Waals surface area (Å²) >= 11 is 12.2. The molecule has 0 radical (unpaired) electrons. The van der Waals surface area contributed by atoms with Crippen LogP contribution in [0.15, 0.2) is 18.2 Å². The lowest BCUT2D eigenvalue weighted by Gasteiger charge is -2.44. The first kappa shape index (κ1) is 22.8. The third-order valence-corrected chi connectivity index (χ3v) is 6.18. The van der Waals surface area contributed by atoms with Gasteiger partial charge in [0.1, 0.15) is 0 Å². The number of hydrogen-bond donors (Lipinski definition) is 2. The first-order chi connectivity index (χ1) is 14.0. The normalized spacial score (nSPS) is 28.3. The van der Waals surface area contributed by atoms with Crippen LogP contribution in [0.5, 0.6) is 0 Å². The highest BCUT2D eigenvalue weighted by atomic mass is 35.5. The SMILES string of the molecule is CCCNC(=O)C[C@@H]1CC[C@@H]2[C@H](COC[C@@H](O)CN2Cc2ccc(Cl)c(Cl)c2)O1. The van der Waals surface area contributed by atoms with E-state index in [0.29, 0.717) is 42.7 Å². The molecule has 0 saturated carbocycles. The van der Waals surface area contributed by atoms with Crippen LogP contribution in [0.25, 0.3) is 0 Å². The number of ether oxygens (including phenoxy) is 2. The fraction of sp³-hybridized carbons (Fsp3) is 0.667. The van der Waals surface area contributed by atoms with Crippen LogP contribution in [0, 0.1) is 0 Å². The Bertz CT molecular complexity index is 691. The second-order valence-corrected chi connectivity index (χ2v) is 8.68. The number of carbonyl (C=O) groups is 1. The molecule has 1 amide bonds. The molecule has 0 aliphatic carbocycles. The summed E-state index contributed by atoms with van der Waals surface area (Å²) in [6.07, 6.45) is 2.18. The van der Waals surface area contributed by atoms with E-state index in [1.807, 2.05) is 19.1 Å². The Balaban J connectivity index is 1.67. The molecule has 4 atom stereocenters. The van der Waals surface area contributed by atoms with E-state index in [4.69, 9.17) is 32.7 Å². The van der Waals surface area contributed by atoms with E-state index in [1.54, 1.807) is 6.07 Å². The standard InChI is InChI=1S/C21H30Cl2N2O4/c1-2-7-24-21(27)9-16-4-6-19-20(29-16)13-28-12-15(26)11-25(19)10-14-3-5-17(22)18(23)8-14/h3,5,8,15-16,19-20,26H,2,4,6-7,9-13H2,1H3,(H,24,27)/t15-,16-,19+,20-/m0/s1. The van der Waals surface area contributed by atoms with Crippen molar-refractivity contribution in [1.82, 2.24) is 10.2 Å². The Kier molecular flexibility index (Phi) is 8.59. The molecule has 1 aromatic rings. The highest BCUT2D eigenvalue weighted by Crippen LogP contribution is 2.30. The van der Waals surface area contributed by atoms with E-state index in [2.05, 4.69) is 10.2 Å². The van der Waals surface area contributed by atoms with Gasteiger partial charge in [-0.3, -0.25) is 9.69 Å². The van der Waals surface area contributed by atoms with Crippen molar-refractivity contribution in [2.45, 2.75) is 63.5 Å². The molecule has 2 aliphatic rings. The lowest BCUT2D eigenvalue weighted by Crippen LogP contribution is -2.55. The van der Waals surface area contributed by atoms with Crippen LogP contribution in [0.2, 0.25) is 10.0 Å². The fourth-order valence-electron chi connectivity index (χ4n) is 4.04. The van der Waals surface area contributed by atoms with Gasteiger partial charge in [-0.1, -0.05) is 36.2 Å². The maximum atomic E-state index is 12.1. The van der Waals surface area contributed by atoms with E-state index in [-0.39, 0.29) is 30.8 Å². The molecule has 2 heterocycles. The summed E-state index contributed by atoms with van der Waals surface area (Å²) in [5, 5.41) is 14.3. The smallest absolute Gasteiger partial charge is 0.222 e. The van der Waals surface area contributed by atoms with E-state index in [9.17, 15) is 9.90 Å². The number of hydrogen-bond acceptors (Lipinski definition) is 5. The van der Waals surface area contributed by atoms with Crippen molar-refractivity contribution in [3.8, 4) is 0 Å². The molecule has 2 fully saturated rings. The van der Waals surface area contributed by atoms with Gasteiger partial charge in [-0.15, -0.1) is 0 Å². The molecular formula is C21H30Cl2N2O4. The van der Waals surface area contributed by atoms with Crippen LogP contribution < -0.4 is 5.32 Å². The van der Waals surface area contributed by atoms with Gasteiger partial charge in [0.2, 0.25) is 5.91 Å². The molecule has 2 saturated heterocycles. The van der Waals surface area contributed by atoms with Gasteiger partial charge in [0, 0.05) is 25.7 Å².